The molecule has 100 valence electrons. The van der Waals surface area contributed by atoms with Gasteiger partial charge in [-0.25, -0.2) is 4.39 Å². The zero-order valence-electron chi connectivity index (χ0n) is 10.6. The van der Waals surface area contributed by atoms with Gasteiger partial charge in [-0.3, -0.25) is 0 Å². The molecular formula is C15H15BrFNO. The molecule has 2 aromatic carbocycles. The second kappa shape index (κ2) is 6.17. The van der Waals surface area contributed by atoms with Gasteiger partial charge in [0, 0.05) is 22.1 Å². The van der Waals surface area contributed by atoms with Crippen molar-refractivity contribution in [3.63, 3.8) is 0 Å². The molecule has 0 aliphatic carbocycles. The maximum Gasteiger partial charge on any atom is 0.127 e. The average molecular weight is 324 g/mol. The Balaban J connectivity index is 2.14. The largest absolute Gasteiger partial charge is 0.488 e. The average Bonchev–Trinajstić information content (AvgIpc) is 2.38. The molecule has 0 fully saturated rings. The van der Waals surface area contributed by atoms with Crippen LogP contribution in [0.25, 0.3) is 0 Å². The van der Waals surface area contributed by atoms with E-state index in [9.17, 15) is 4.39 Å². The number of benzene rings is 2. The first-order chi connectivity index (χ1) is 9.06. The summed E-state index contributed by atoms with van der Waals surface area (Å²) in [7, 11) is 0. The molecule has 19 heavy (non-hydrogen) atoms. The first kappa shape index (κ1) is 14.0. The zero-order valence-corrected chi connectivity index (χ0v) is 12.2. The number of hydrogen-bond acceptors (Lipinski definition) is 2. The molecule has 0 heterocycles. The predicted octanol–water partition coefficient (Wildman–Crippen LogP) is 4.19. The SMILES string of the molecule is CC(N)c1ccc(F)cc1OCc1ccc(Br)cc1. The van der Waals surface area contributed by atoms with Crippen LogP contribution in [0.3, 0.4) is 0 Å². The van der Waals surface area contributed by atoms with Crippen molar-refractivity contribution in [2.45, 2.75) is 19.6 Å². The van der Waals surface area contributed by atoms with E-state index in [4.69, 9.17) is 10.5 Å². The highest BCUT2D eigenvalue weighted by molar-refractivity contribution is 9.10. The lowest BCUT2D eigenvalue weighted by Gasteiger charge is -2.14. The van der Waals surface area contributed by atoms with Crippen molar-refractivity contribution in [1.82, 2.24) is 0 Å². The van der Waals surface area contributed by atoms with Gasteiger partial charge in [-0.15, -0.1) is 0 Å². The fourth-order valence-corrected chi connectivity index (χ4v) is 2.02. The summed E-state index contributed by atoms with van der Waals surface area (Å²) in [5.41, 5.74) is 7.67. The Bertz CT molecular complexity index is 555. The Morgan fingerprint density at radius 1 is 1.21 bits per heavy atom. The van der Waals surface area contributed by atoms with Crippen molar-refractivity contribution in [3.05, 3.63) is 63.9 Å². The van der Waals surface area contributed by atoms with Crippen LogP contribution in [0.15, 0.2) is 46.9 Å². The van der Waals surface area contributed by atoms with E-state index in [2.05, 4.69) is 15.9 Å². The van der Waals surface area contributed by atoms with E-state index in [1.54, 1.807) is 6.07 Å². The standard InChI is InChI=1S/C15H15BrFNO/c1-10(18)14-7-6-13(17)8-15(14)19-9-11-2-4-12(16)5-3-11/h2-8,10H,9,18H2,1H3. The minimum atomic E-state index is -0.324. The van der Waals surface area contributed by atoms with E-state index in [0.29, 0.717) is 12.4 Å². The van der Waals surface area contributed by atoms with Crippen LogP contribution in [-0.4, -0.2) is 0 Å². The Morgan fingerprint density at radius 3 is 2.53 bits per heavy atom. The lowest BCUT2D eigenvalue weighted by Crippen LogP contribution is -2.08. The van der Waals surface area contributed by atoms with Crippen LogP contribution in [-0.2, 0) is 6.61 Å². The lowest BCUT2D eigenvalue weighted by atomic mass is 10.1. The molecule has 4 heteroatoms. The van der Waals surface area contributed by atoms with Gasteiger partial charge in [0.2, 0.25) is 0 Å². The minimum absolute atomic E-state index is 0.194. The third-order valence-corrected chi connectivity index (χ3v) is 3.30. The summed E-state index contributed by atoms with van der Waals surface area (Å²) < 4.78 is 19.9. The van der Waals surface area contributed by atoms with E-state index in [-0.39, 0.29) is 11.9 Å². The topological polar surface area (TPSA) is 35.2 Å². The first-order valence-corrected chi connectivity index (χ1v) is 6.78. The number of nitrogens with two attached hydrogens (primary N) is 1. The summed E-state index contributed by atoms with van der Waals surface area (Å²) in [6.45, 7) is 2.23. The quantitative estimate of drug-likeness (QED) is 0.915. The van der Waals surface area contributed by atoms with E-state index in [1.807, 2.05) is 31.2 Å². The second-order valence-corrected chi connectivity index (χ2v) is 5.30. The summed E-state index contributed by atoms with van der Waals surface area (Å²) in [6.07, 6.45) is 0. The van der Waals surface area contributed by atoms with Crippen LogP contribution in [0, 0.1) is 5.82 Å². The molecule has 2 rings (SSSR count). The molecule has 1 unspecified atom stereocenters. The summed E-state index contributed by atoms with van der Waals surface area (Å²) in [6, 6.07) is 12.0. The summed E-state index contributed by atoms with van der Waals surface area (Å²) in [4.78, 5) is 0. The second-order valence-electron chi connectivity index (χ2n) is 4.39. The van der Waals surface area contributed by atoms with Crippen LogP contribution in [0.1, 0.15) is 24.1 Å². The lowest BCUT2D eigenvalue weighted by molar-refractivity contribution is 0.300. The molecule has 1 atom stereocenters. The Morgan fingerprint density at radius 2 is 1.89 bits per heavy atom. The maximum atomic E-state index is 13.3. The van der Waals surface area contributed by atoms with Crippen LogP contribution < -0.4 is 10.5 Å². The van der Waals surface area contributed by atoms with Crippen molar-refractivity contribution >= 4 is 15.9 Å². The molecular weight excluding hydrogens is 309 g/mol. The van der Waals surface area contributed by atoms with E-state index in [1.165, 1.54) is 12.1 Å². The number of rotatable bonds is 4. The van der Waals surface area contributed by atoms with Gasteiger partial charge in [0.15, 0.2) is 0 Å². The van der Waals surface area contributed by atoms with Crippen molar-refractivity contribution in [2.24, 2.45) is 5.73 Å². The fourth-order valence-electron chi connectivity index (χ4n) is 1.75. The van der Waals surface area contributed by atoms with Gasteiger partial charge in [0.1, 0.15) is 18.2 Å². The smallest absolute Gasteiger partial charge is 0.127 e. The maximum absolute atomic E-state index is 13.3. The third kappa shape index (κ3) is 3.78. The number of ether oxygens (including phenoxy) is 1. The highest BCUT2D eigenvalue weighted by Gasteiger charge is 2.09. The molecule has 0 aliphatic heterocycles. The monoisotopic (exact) mass is 323 g/mol. The fraction of sp³-hybridized carbons (Fsp3) is 0.200. The Kier molecular flexibility index (Phi) is 4.56. The molecule has 0 saturated carbocycles. The zero-order chi connectivity index (χ0) is 13.8. The van der Waals surface area contributed by atoms with Crippen molar-refractivity contribution in [2.75, 3.05) is 0 Å². The molecule has 0 bridgehead atoms. The highest BCUT2D eigenvalue weighted by atomic mass is 79.9. The van der Waals surface area contributed by atoms with Crippen LogP contribution >= 0.6 is 15.9 Å². The molecule has 2 nitrogen and oxygen atoms in total. The van der Waals surface area contributed by atoms with Gasteiger partial charge in [-0.05, 0) is 30.7 Å². The van der Waals surface area contributed by atoms with Crippen molar-refractivity contribution in [3.8, 4) is 5.75 Å². The Hall–Kier alpha value is -1.39. The molecule has 0 saturated heterocycles. The van der Waals surface area contributed by atoms with Crippen LogP contribution in [0.5, 0.6) is 5.75 Å². The van der Waals surface area contributed by atoms with Gasteiger partial charge in [0.25, 0.3) is 0 Å². The van der Waals surface area contributed by atoms with Crippen molar-refractivity contribution in [1.29, 1.82) is 0 Å². The Labute approximate surface area is 120 Å². The van der Waals surface area contributed by atoms with Gasteiger partial charge in [0.05, 0.1) is 0 Å². The van der Waals surface area contributed by atoms with Crippen molar-refractivity contribution < 1.29 is 9.13 Å². The van der Waals surface area contributed by atoms with E-state index >= 15 is 0 Å². The summed E-state index contributed by atoms with van der Waals surface area (Å²) in [5, 5.41) is 0. The van der Waals surface area contributed by atoms with Gasteiger partial charge in [-0.2, -0.15) is 0 Å². The number of hydrogen-bond donors (Lipinski definition) is 1. The molecule has 2 N–H and O–H groups in total. The minimum Gasteiger partial charge on any atom is -0.488 e. The molecule has 2 aromatic rings. The molecule has 0 amide bonds. The van der Waals surface area contributed by atoms with Gasteiger partial charge >= 0.3 is 0 Å². The normalized spacial score (nSPS) is 12.2. The van der Waals surface area contributed by atoms with Gasteiger partial charge in [-0.1, -0.05) is 34.1 Å². The third-order valence-electron chi connectivity index (χ3n) is 2.77. The summed E-state index contributed by atoms with van der Waals surface area (Å²) >= 11 is 3.37. The molecule has 0 aromatic heterocycles. The summed E-state index contributed by atoms with van der Waals surface area (Å²) in [5.74, 6) is 0.174. The molecule has 0 aliphatic rings. The van der Waals surface area contributed by atoms with E-state index < -0.39 is 0 Å². The molecule has 0 spiro atoms. The van der Waals surface area contributed by atoms with Crippen LogP contribution in [0.4, 0.5) is 4.39 Å². The van der Waals surface area contributed by atoms with Crippen LogP contribution in [0.2, 0.25) is 0 Å². The first-order valence-electron chi connectivity index (χ1n) is 5.98. The van der Waals surface area contributed by atoms with Gasteiger partial charge < -0.3 is 10.5 Å². The highest BCUT2D eigenvalue weighted by Crippen LogP contribution is 2.25. The van der Waals surface area contributed by atoms with E-state index in [0.717, 1.165) is 15.6 Å². The molecule has 0 radical (unpaired) electrons. The predicted molar refractivity (Wildman–Crippen MR) is 77.5 cm³/mol. The number of halogens is 2.